The molecule has 1 aliphatic rings. The zero-order valence-electron chi connectivity index (χ0n) is 10.7. The minimum absolute atomic E-state index is 0. The van der Waals surface area contributed by atoms with E-state index in [9.17, 15) is 0 Å². The molecule has 1 N–H and O–H groups in total. The van der Waals surface area contributed by atoms with Gasteiger partial charge in [-0.25, -0.2) is 0 Å². The maximum Gasteiger partial charge on any atom is 1.41 e. The number of hydrogen-bond donors (Lipinski definition) is 1. The first-order chi connectivity index (χ1) is 7.88. The van der Waals surface area contributed by atoms with Gasteiger partial charge in [0.2, 0.25) is 0 Å². The number of nitrogens with one attached hydrogen (secondary N) is 1. The fourth-order valence-electron chi connectivity index (χ4n) is 1.56. The van der Waals surface area contributed by atoms with Crippen molar-refractivity contribution < 1.29 is 0 Å². The summed E-state index contributed by atoms with van der Waals surface area (Å²) in [6, 6.07) is 10.6. The SMILES string of the molecule is Br.CC[CH2][Mg+2].c1ccc(N2CCNCC2)cc1. The van der Waals surface area contributed by atoms with Gasteiger partial charge in [-0.05, 0) is 12.1 Å². The molecule has 1 aromatic rings. The summed E-state index contributed by atoms with van der Waals surface area (Å²) in [5.41, 5.74) is 1.35. The Morgan fingerprint density at radius 1 is 1.18 bits per heavy atom. The highest BCUT2D eigenvalue weighted by Gasteiger charge is 2.17. The van der Waals surface area contributed by atoms with Crippen molar-refractivity contribution in [2.24, 2.45) is 0 Å². The lowest BCUT2D eigenvalue weighted by Gasteiger charge is -2.29. The van der Waals surface area contributed by atoms with Gasteiger partial charge >= 0.3 is 21.7 Å². The smallest absolute Gasteiger partial charge is 0.369 e. The first-order valence-corrected chi connectivity index (χ1v) is 7.18. The van der Waals surface area contributed by atoms with Gasteiger partial charge in [-0.1, -0.05) is 25.1 Å². The molecule has 1 aliphatic heterocycles. The summed E-state index contributed by atoms with van der Waals surface area (Å²) in [5.74, 6) is 0. The van der Waals surface area contributed by atoms with E-state index in [1.165, 1.54) is 16.7 Å². The lowest BCUT2D eigenvalue weighted by Crippen LogP contribution is -2.43. The summed E-state index contributed by atoms with van der Waals surface area (Å²) >= 11 is 2.02. The fourth-order valence-corrected chi connectivity index (χ4v) is 1.56. The third-order valence-corrected chi connectivity index (χ3v) is 3.30. The number of benzene rings is 1. The molecule has 17 heavy (non-hydrogen) atoms. The van der Waals surface area contributed by atoms with Crippen LogP contribution in [0.25, 0.3) is 0 Å². The van der Waals surface area contributed by atoms with Crippen LogP contribution in [0, 0.1) is 0 Å². The van der Waals surface area contributed by atoms with Crippen molar-refractivity contribution in [3.8, 4) is 0 Å². The highest BCUT2D eigenvalue weighted by atomic mass is 79.9. The number of nitrogens with zero attached hydrogens (tertiary/aromatic N) is 1. The summed E-state index contributed by atoms with van der Waals surface area (Å²) in [7, 11) is 0. The zero-order valence-corrected chi connectivity index (χ0v) is 13.8. The normalized spacial score (nSPS) is 14.4. The largest absolute Gasteiger partial charge is 1.41 e. The van der Waals surface area contributed by atoms with Gasteiger partial charge in [-0.2, -0.15) is 0 Å². The number of halogens is 1. The Morgan fingerprint density at radius 3 is 2.18 bits per heavy atom. The molecule has 4 heteroatoms. The maximum absolute atomic E-state index is 3.34. The van der Waals surface area contributed by atoms with Crippen LogP contribution in [-0.2, 0) is 0 Å². The number of anilines is 1. The Bertz CT molecular complexity index is 261. The van der Waals surface area contributed by atoms with Gasteiger partial charge in [0.15, 0.2) is 0 Å². The minimum atomic E-state index is 0. The van der Waals surface area contributed by atoms with Crippen LogP contribution in [0.2, 0.25) is 4.55 Å². The predicted octanol–water partition coefficient (Wildman–Crippen LogP) is 2.66. The zero-order chi connectivity index (χ0) is 11.6. The van der Waals surface area contributed by atoms with Crippen LogP contribution in [0.5, 0.6) is 0 Å². The molecule has 2 nitrogen and oxygen atoms in total. The monoisotopic (exact) mass is 309 g/mol. The van der Waals surface area contributed by atoms with E-state index in [0.717, 1.165) is 26.2 Å². The van der Waals surface area contributed by atoms with Crippen molar-refractivity contribution in [2.75, 3.05) is 31.1 Å². The van der Waals surface area contributed by atoms with Gasteiger partial charge in [-0.3, -0.25) is 0 Å². The number of hydrogen-bond acceptors (Lipinski definition) is 2. The van der Waals surface area contributed by atoms with E-state index < -0.39 is 0 Å². The Kier molecular flexibility index (Phi) is 11.5. The second kappa shape index (κ2) is 11.3. The van der Waals surface area contributed by atoms with E-state index in [4.69, 9.17) is 0 Å². The van der Waals surface area contributed by atoms with Crippen molar-refractivity contribution in [2.45, 2.75) is 17.9 Å². The van der Waals surface area contributed by atoms with Crippen molar-refractivity contribution >= 4 is 44.4 Å². The molecule has 0 atom stereocenters. The third kappa shape index (κ3) is 7.29. The van der Waals surface area contributed by atoms with Crippen molar-refractivity contribution in [3.05, 3.63) is 30.3 Å². The predicted molar refractivity (Wildman–Crippen MR) is 82.7 cm³/mol. The molecule has 0 bridgehead atoms. The van der Waals surface area contributed by atoms with Gasteiger partial charge in [0, 0.05) is 38.3 Å². The molecule has 1 heterocycles. The van der Waals surface area contributed by atoms with Gasteiger partial charge in [0.1, 0.15) is 0 Å². The molecule has 2 rings (SSSR count). The second-order valence-electron chi connectivity index (χ2n) is 3.93. The average molecular weight is 311 g/mol. The maximum atomic E-state index is 3.34. The van der Waals surface area contributed by atoms with Crippen LogP contribution < -0.4 is 10.2 Å². The summed E-state index contributed by atoms with van der Waals surface area (Å²) in [5, 5.41) is 3.34. The quantitative estimate of drug-likeness (QED) is 0.845. The van der Waals surface area contributed by atoms with E-state index in [1.807, 2.05) is 21.7 Å². The molecule has 91 valence electrons. The van der Waals surface area contributed by atoms with Crippen molar-refractivity contribution in [3.63, 3.8) is 0 Å². The molecule has 0 spiro atoms. The van der Waals surface area contributed by atoms with Crippen molar-refractivity contribution in [1.29, 1.82) is 0 Å². The average Bonchev–Trinajstić information content (AvgIpc) is 2.41. The van der Waals surface area contributed by atoms with Crippen LogP contribution in [0.3, 0.4) is 0 Å². The Hall–Kier alpha value is 0.226. The van der Waals surface area contributed by atoms with Gasteiger partial charge < -0.3 is 10.2 Å². The van der Waals surface area contributed by atoms with E-state index in [1.54, 1.807) is 0 Å². The lowest BCUT2D eigenvalue weighted by molar-refractivity contribution is 0.589. The third-order valence-electron chi connectivity index (χ3n) is 2.59. The molecule has 0 unspecified atom stereocenters. The van der Waals surface area contributed by atoms with E-state index in [-0.39, 0.29) is 17.0 Å². The first-order valence-electron chi connectivity index (χ1n) is 6.18. The molecule has 0 aliphatic carbocycles. The summed E-state index contributed by atoms with van der Waals surface area (Å²) < 4.78 is 1.35. The van der Waals surface area contributed by atoms with Crippen LogP contribution in [0.4, 0.5) is 5.69 Å². The molecule has 0 aromatic heterocycles. The Morgan fingerprint density at radius 2 is 1.71 bits per heavy atom. The molecule has 0 amide bonds. The van der Waals surface area contributed by atoms with Gasteiger partial charge in [0.25, 0.3) is 4.55 Å². The van der Waals surface area contributed by atoms with E-state index in [2.05, 4.69) is 47.5 Å². The number of piperazine rings is 1. The molecule has 7 radical (unpaired) electrons. The molecule has 0 saturated carbocycles. The summed E-state index contributed by atoms with van der Waals surface area (Å²) in [6.07, 6.45) is 1.33. The lowest BCUT2D eigenvalue weighted by atomic mass is 10.2. The van der Waals surface area contributed by atoms with Crippen molar-refractivity contribution in [1.82, 2.24) is 5.32 Å². The van der Waals surface area contributed by atoms with E-state index in [0.29, 0.717) is 0 Å². The van der Waals surface area contributed by atoms with Crippen LogP contribution in [0.15, 0.2) is 30.3 Å². The van der Waals surface area contributed by atoms with Gasteiger partial charge in [0.05, 0.1) is 0 Å². The van der Waals surface area contributed by atoms with E-state index >= 15 is 0 Å². The summed E-state index contributed by atoms with van der Waals surface area (Å²) in [6.45, 7) is 6.66. The topological polar surface area (TPSA) is 15.3 Å². The second-order valence-corrected chi connectivity index (χ2v) is 4.63. The highest BCUT2D eigenvalue weighted by molar-refractivity contribution is 8.93. The minimum Gasteiger partial charge on any atom is -0.369 e. The molecule has 1 aromatic carbocycles. The Labute approximate surface area is 128 Å². The van der Waals surface area contributed by atoms with Crippen LogP contribution in [0.1, 0.15) is 13.3 Å². The number of rotatable bonds is 2. The summed E-state index contributed by atoms with van der Waals surface area (Å²) in [4.78, 5) is 2.41. The molecular weight excluding hydrogens is 288 g/mol. The van der Waals surface area contributed by atoms with Crippen LogP contribution >= 0.6 is 17.0 Å². The fraction of sp³-hybridized carbons (Fsp3) is 0.538. The Balaban J connectivity index is 0.000000453. The standard InChI is InChI=1S/C10H14N2.C3H7.BrH.Mg/c1-2-4-10(5-3-1)12-8-6-11-7-9-12;1-3-2;;/h1-5,11H,6-9H2;1,3H2,2H3;1H;/q;;;+2. The molecular formula is C13H22BrMgN2+2. The first kappa shape index (κ1) is 17.2. The van der Waals surface area contributed by atoms with Crippen LogP contribution in [-0.4, -0.2) is 47.9 Å². The molecule has 1 saturated heterocycles. The molecule has 1 fully saturated rings. The van der Waals surface area contributed by atoms with Gasteiger partial charge in [-0.15, -0.1) is 17.0 Å². The highest BCUT2D eigenvalue weighted by Crippen LogP contribution is 2.12. The number of para-hydroxylation sites is 1.